The highest BCUT2D eigenvalue weighted by Crippen LogP contribution is 2.48. The molecule has 1 amide bonds. The second-order valence-electron chi connectivity index (χ2n) is 4.39. The van der Waals surface area contributed by atoms with Crippen molar-refractivity contribution in [1.82, 2.24) is 10.2 Å². The summed E-state index contributed by atoms with van der Waals surface area (Å²) in [6, 6.07) is -0.243. The van der Waals surface area contributed by atoms with Crippen LogP contribution in [0.25, 0.3) is 0 Å². The molecule has 2 aliphatic rings. The molecule has 0 radical (unpaired) electrons. The Hall–Kier alpha value is -0.420. The van der Waals surface area contributed by atoms with Gasteiger partial charge in [0.1, 0.15) is 5.78 Å². The minimum atomic E-state index is -4.19. The van der Waals surface area contributed by atoms with Crippen LogP contribution in [0.5, 0.6) is 0 Å². The maximum atomic E-state index is 12.0. The molecular weight excluding hydrogens is 231 g/mol. The molecule has 6 nitrogen and oxygen atoms in total. The summed E-state index contributed by atoms with van der Waals surface area (Å²) in [5, 5.41) is 3.06. The van der Waals surface area contributed by atoms with E-state index in [0.717, 1.165) is 19.4 Å². The lowest BCUT2D eigenvalue weighted by atomic mass is 10.2. The molecule has 2 fully saturated rings. The third kappa shape index (κ3) is 2.30. The van der Waals surface area contributed by atoms with E-state index in [-0.39, 0.29) is 11.9 Å². The number of carbonyl (C=O) groups is 1. The van der Waals surface area contributed by atoms with Crippen LogP contribution >= 0.6 is 7.60 Å². The van der Waals surface area contributed by atoms with E-state index in [4.69, 9.17) is 0 Å². The number of hydrogen-bond donors (Lipinski definition) is 3. The highest BCUT2D eigenvalue weighted by Gasteiger charge is 2.42. The Kier molecular flexibility index (Phi) is 3.35. The molecule has 0 bridgehead atoms. The molecule has 92 valence electrons. The minimum absolute atomic E-state index is 0.150. The van der Waals surface area contributed by atoms with Crippen LogP contribution in [0.1, 0.15) is 25.7 Å². The van der Waals surface area contributed by atoms with Gasteiger partial charge in [0.15, 0.2) is 0 Å². The fourth-order valence-corrected chi connectivity index (χ4v) is 3.56. The van der Waals surface area contributed by atoms with Gasteiger partial charge in [-0.1, -0.05) is 0 Å². The lowest BCUT2D eigenvalue weighted by Crippen LogP contribution is -2.45. The first-order valence-corrected chi connectivity index (χ1v) is 7.27. The van der Waals surface area contributed by atoms with Crippen LogP contribution in [0, 0.1) is 0 Å². The molecule has 0 unspecified atom stereocenters. The molecule has 0 aliphatic carbocycles. The van der Waals surface area contributed by atoms with Crippen molar-refractivity contribution < 1.29 is 19.1 Å². The third-order valence-corrected chi connectivity index (χ3v) is 4.56. The largest absolute Gasteiger partial charge is 0.347 e. The summed E-state index contributed by atoms with van der Waals surface area (Å²) < 4.78 is 11.2. The number of hydrogen-bond acceptors (Lipinski definition) is 3. The molecule has 2 heterocycles. The van der Waals surface area contributed by atoms with Crippen molar-refractivity contribution in [2.75, 3.05) is 13.1 Å². The summed E-state index contributed by atoms with van der Waals surface area (Å²) in [6.07, 6.45) is 2.80. The molecule has 0 aromatic rings. The zero-order valence-corrected chi connectivity index (χ0v) is 9.90. The van der Waals surface area contributed by atoms with Crippen LogP contribution in [0.3, 0.4) is 0 Å². The number of nitrogens with one attached hydrogen (secondary N) is 1. The second kappa shape index (κ2) is 4.45. The molecule has 0 spiro atoms. The van der Waals surface area contributed by atoms with Crippen LogP contribution in [-0.4, -0.2) is 45.5 Å². The number of nitrogens with zero attached hydrogens (tertiary/aromatic N) is 1. The highest BCUT2D eigenvalue weighted by atomic mass is 31.2. The molecule has 0 saturated carbocycles. The maximum Gasteiger partial charge on any atom is 0.347 e. The van der Waals surface area contributed by atoms with Crippen LogP contribution < -0.4 is 5.32 Å². The van der Waals surface area contributed by atoms with E-state index in [2.05, 4.69) is 5.32 Å². The number of carbonyl (C=O) groups excluding carboxylic acids is 1. The van der Waals surface area contributed by atoms with Crippen molar-refractivity contribution >= 4 is 13.5 Å². The van der Waals surface area contributed by atoms with Crippen LogP contribution in [0.4, 0.5) is 0 Å². The average molecular weight is 248 g/mol. The molecule has 2 saturated heterocycles. The molecule has 7 heteroatoms. The Bertz CT molecular complexity index is 323. The van der Waals surface area contributed by atoms with Crippen LogP contribution in [0.2, 0.25) is 0 Å². The number of likely N-dealkylation sites (tertiary alicyclic amines) is 1. The smallest absolute Gasteiger partial charge is 0.327 e. The van der Waals surface area contributed by atoms with Gasteiger partial charge < -0.3 is 20.0 Å². The minimum Gasteiger partial charge on any atom is -0.327 e. The van der Waals surface area contributed by atoms with E-state index in [0.29, 0.717) is 19.4 Å². The Balaban J connectivity index is 2.07. The van der Waals surface area contributed by atoms with Gasteiger partial charge in [-0.2, -0.15) is 0 Å². The number of amides is 1. The summed E-state index contributed by atoms with van der Waals surface area (Å²) >= 11 is 0. The van der Waals surface area contributed by atoms with Gasteiger partial charge in [0.2, 0.25) is 5.91 Å². The van der Waals surface area contributed by atoms with Gasteiger partial charge in [0.05, 0.1) is 6.04 Å². The van der Waals surface area contributed by atoms with Gasteiger partial charge in [-0.3, -0.25) is 9.36 Å². The van der Waals surface area contributed by atoms with Gasteiger partial charge in [-0.15, -0.1) is 0 Å². The van der Waals surface area contributed by atoms with Gasteiger partial charge in [-0.25, -0.2) is 0 Å². The van der Waals surface area contributed by atoms with E-state index >= 15 is 0 Å². The van der Waals surface area contributed by atoms with E-state index in [1.54, 1.807) is 0 Å². The predicted octanol–water partition coefficient (Wildman–Crippen LogP) is -0.135. The van der Waals surface area contributed by atoms with Gasteiger partial charge in [0.25, 0.3) is 0 Å². The summed E-state index contributed by atoms with van der Waals surface area (Å²) in [5.41, 5.74) is 0. The maximum absolute atomic E-state index is 12.0. The fraction of sp³-hybridized carbons (Fsp3) is 0.889. The first kappa shape index (κ1) is 12.0. The van der Waals surface area contributed by atoms with Crippen molar-refractivity contribution in [3.63, 3.8) is 0 Å². The Labute approximate surface area is 94.2 Å². The molecule has 2 atom stereocenters. The van der Waals surface area contributed by atoms with Crippen molar-refractivity contribution in [2.24, 2.45) is 0 Å². The van der Waals surface area contributed by atoms with Crippen molar-refractivity contribution in [3.05, 3.63) is 0 Å². The number of rotatable bonds is 2. The van der Waals surface area contributed by atoms with Crippen LogP contribution in [-0.2, 0) is 9.36 Å². The highest BCUT2D eigenvalue weighted by molar-refractivity contribution is 7.52. The predicted molar refractivity (Wildman–Crippen MR) is 57.8 cm³/mol. The van der Waals surface area contributed by atoms with Crippen LogP contribution in [0.15, 0.2) is 0 Å². The summed E-state index contributed by atoms with van der Waals surface area (Å²) in [6.45, 7) is 1.28. The first-order chi connectivity index (χ1) is 7.50. The van der Waals surface area contributed by atoms with E-state index in [1.165, 1.54) is 4.90 Å². The van der Waals surface area contributed by atoms with Crippen molar-refractivity contribution in [3.8, 4) is 0 Å². The zero-order chi connectivity index (χ0) is 11.8. The lowest BCUT2D eigenvalue weighted by molar-refractivity contribution is -0.132. The Morgan fingerprint density at radius 3 is 2.62 bits per heavy atom. The zero-order valence-electron chi connectivity index (χ0n) is 9.00. The molecule has 16 heavy (non-hydrogen) atoms. The van der Waals surface area contributed by atoms with Crippen molar-refractivity contribution in [1.29, 1.82) is 0 Å². The SMILES string of the molecule is O=C([C@@H]1CCCN1)N1CCC[C@@H]1P(=O)(O)O. The van der Waals surface area contributed by atoms with E-state index in [1.807, 2.05) is 0 Å². The van der Waals surface area contributed by atoms with Crippen molar-refractivity contribution in [2.45, 2.75) is 37.5 Å². The molecular formula is C9H17N2O4P. The molecule has 2 aliphatic heterocycles. The average Bonchev–Trinajstić information content (AvgIpc) is 2.87. The fourth-order valence-electron chi connectivity index (χ4n) is 2.45. The standard InChI is InChI=1S/C9H17N2O4P/c12-9(7-3-1-5-10-7)11-6-2-4-8(11)16(13,14)15/h7-8,10H,1-6H2,(H2,13,14,15)/t7-,8-/m0/s1. The Morgan fingerprint density at radius 2 is 2.06 bits per heavy atom. The van der Waals surface area contributed by atoms with Gasteiger partial charge >= 0.3 is 7.60 Å². The monoisotopic (exact) mass is 248 g/mol. The summed E-state index contributed by atoms with van der Waals surface area (Å²) in [4.78, 5) is 31.7. The van der Waals surface area contributed by atoms with Gasteiger partial charge in [0, 0.05) is 6.54 Å². The molecule has 2 rings (SSSR count). The third-order valence-electron chi connectivity index (χ3n) is 3.25. The second-order valence-corrected chi connectivity index (χ2v) is 6.17. The van der Waals surface area contributed by atoms with E-state index < -0.39 is 13.4 Å². The quantitative estimate of drug-likeness (QED) is 0.592. The normalized spacial score (nSPS) is 31.0. The lowest BCUT2D eigenvalue weighted by Gasteiger charge is -2.27. The summed E-state index contributed by atoms with van der Waals surface area (Å²) in [7, 11) is -4.19. The molecule has 0 aromatic heterocycles. The summed E-state index contributed by atoms with van der Waals surface area (Å²) in [5.74, 6) is -1.05. The first-order valence-electron chi connectivity index (χ1n) is 5.59. The molecule has 3 N–H and O–H groups in total. The van der Waals surface area contributed by atoms with E-state index in [9.17, 15) is 19.1 Å². The topological polar surface area (TPSA) is 89.9 Å². The van der Waals surface area contributed by atoms with Gasteiger partial charge in [-0.05, 0) is 32.2 Å². The Morgan fingerprint density at radius 1 is 1.31 bits per heavy atom. The molecule has 0 aromatic carbocycles.